The second-order valence-corrected chi connectivity index (χ2v) is 7.78. The third-order valence-corrected chi connectivity index (χ3v) is 5.80. The molecule has 156 valence electrons. The molecule has 0 bridgehead atoms. The van der Waals surface area contributed by atoms with Crippen LogP contribution in [0.3, 0.4) is 0 Å². The van der Waals surface area contributed by atoms with Gasteiger partial charge in [-0.25, -0.2) is 4.98 Å². The van der Waals surface area contributed by atoms with E-state index >= 15 is 0 Å². The van der Waals surface area contributed by atoms with Crippen LogP contribution in [0.1, 0.15) is 47.8 Å². The molecular formula is C20H32N4O4. The Morgan fingerprint density at radius 3 is 2.61 bits per heavy atom. The van der Waals surface area contributed by atoms with Gasteiger partial charge in [-0.1, -0.05) is 0 Å². The van der Waals surface area contributed by atoms with Crippen molar-refractivity contribution in [3.8, 4) is 0 Å². The molecule has 1 aromatic rings. The van der Waals surface area contributed by atoms with E-state index in [0.717, 1.165) is 51.9 Å². The van der Waals surface area contributed by atoms with Gasteiger partial charge in [-0.05, 0) is 39.2 Å². The summed E-state index contributed by atoms with van der Waals surface area (Å²) in [5.41, 5.74) is 0.432. The van der Waals surface area contributed by atoms with Crippen LogP contribution in [0.4, 0.5) is 0 Å². The number of carbonyl (C=O) groups is 2. The number of methoxy groups -OCH3 is 1. The molecular weight excluding hydrogens is 360 g/mol. The molecule has 2 aliphatic heterocycles. The summed E-state index contributed by atoms with van der Waals surface area (Å²) in [5, 5.41) is 2.96. The fourth-order valence-corrected chi connectivity index (χ4v) is 4.28. The number of oxazole rings is 1. The first-order chi connectivity index (χ1) is 13.5. The van der Waals surface area contributed by atoms with E-state index in [1.54, 1.807) is 21.0 Å². The summed E-state index contributed by atoms with van der Waals surface area (Å²) in [5.74, 6) is 1.25. The lowest BCUT2D eigenvalue weighted by molar-refractivity contribution is -0.127. The van der Waals surface area contributed by atoms with Gasteiger partial charge >= 0.3 is 0 Å². The van der Waals surface area contributed by atoms with E-state index in [0.29, 0.717) is 36.5 Å². The van der Waals surface area contributed by atoms with Crippen LogP contribution in [0.15, 0.2) is 4.42 Å². The van der Waals surface area contributed by atoms with Gasteiger partial charge in [0, 0.05) is 46.3 Å². The minimum absolute atomic E-state index is 0.0400. The van der Waals surface area contributed by atoms with Gasteiger partial charge in [0.15, 0.2) is 11.6 Å². The van der Waals surface area contributed by atoms with Crippen LogP contribution in [-0.4, -0.2) is 79.1 Å². The van der Waals surface area contributed by atoms with Gasteiger partial charge in [-0.15, -0.1) is 0 Å². The molecule has 0 aliphatic carbocycles. The zero-order valence-electron chi connectivity index (χ0n) is 17.2. The zero-order valence-corrected chi connectivity index (χ0v) is 17.2. The summed E-state index contributed by atoms with van der Waals surface area (Å²) in [4.78, 5) is 33.6. The highest BCUT2D eigenvalue weighted by atomic mass is 16.5. The summed E-state index contributed by atoms with van der Waals surface area (Å²) in [6.07, 6.45) is 3.84. The Hall–Kier alpha value is -1.93. The lowest BCUT2D eigenvalue weighted by Gasteiger charge is -2.41. The van der Waals surface area contributed by atoms with Crippen molar-refractivity contribution < 1.29 is 18.7 Å². The number of carbonyl (C=O) groups excluding carboxylic acids is 2. The molecule has 1 N–H and O–H groups in total. The van der Waals surface area contributed by atoms with Gasteiger partial charge in [-0.3, -0.25) is 14.5 Å². The second kappa shape index (κ2) is 9.52. The number of likely N-dealkylation sites (tertiary alicyclic amines) is 2. The Morgan fingerprint density at radius 2 is 1.96 bits per heavy atom. The maximum atomic E-state index is 12.7. The number of hydrogen-bond donors (Lipinski definition) is 1. The molecule has 8 nitrogen and oxygen atoms in total. The van der Waals surface area contributed by atoms with Crippen LogP contribution in [0.5, 0.6) is 0 Å². The fourth-order valence-electron chi connectivity index (χ4n) is 4.28. The van der Waals surface area contributed by atoms with Crippen molar-refractivity contribution in [2.75, 3.05) is 46.4 Å². The van der Waals surface area contributed by atoms with Gasteiger partial charge in [0.05, 0.1) is 12.5 Å². The van der Waals surface area contributed by atoms with Crippen molar-refractivity contribution in [3.63, 3.8) is 0 Å². The van der Waals surface area contributed by atoms with Crippen LogP contribution in [0, 0.1) is 19.8 Å². The number of nitrogens with one attached hydrogen (secondary N) is 1. The van der Waals surface area contributed by atoms with E-state index in [1.165, 1.54) is 0 Å². The summed E-state index contributed by atoms with van der Waals surface area (Å²) in [7, 11) is 1.64. The summed E-state index contributed by atoms with van der Waals surface area (Å²) >= 11 is 0. The third kappa shape index (κ3) is 4.91. The van der Waals surface area contributed by atoms with E-state index in [2.05, 4.69) is 15.2 Å². The zero-order chi connectivity index (χ0) is 20.1. The summed E-state index contributed by atoms with van der Waals surface area (Å²) in [6, 6.07) is 0.429. The number of piperidine rings is 2. The molecule has 3 rings (SSSR count). The molecule has 0 radical (unpaired) electrons. The Labute approximate surface area is 166 Å². The topological polar surface area (TPSA) is 87.9 Å². The van der Waals surface area contributed by atoms with Crippen LogP contribution in [0.2, 0.25) is 0 Å². The molecule has 28 heavy (non-hydrogen) atoms. The lowest BCUT2D eigenvalue weighted by atomic mass is 9.93. The molecule has 0 unspecified atom stereocenters. The van der Waals surface area contributed by atoms with E-state index in [4.69, 9.17) is 9.15 Å². The van der Waals surface area contributed by atoms with Gasteiger partial charge in [0.1, 0.15) is 5.76 Å². The minimum Gasteiger partial charge on any atom is -0.445 e. The number of aromatic nitrogens is 1. The monoisotopic (exact) mass is 392 g/mol. The molecule has 2 fully saturated rings. The molecule has 2 amide bonds. The predicted molar refractivity (Wildman–Crippen MR) is 104 cm³/mol. The minimum atomic E-state index is -0.0400. The smallest absolute Gasteiger partial charge is 0.276 e. The molecule has 0 saturated carbocycles. The maximum Gasteiger partial charge on any atom is 0.276 e. The van der Waals surface area contributed by atoms with Crippen molar-refractivity contribution in [2.24, 2.45) is 5.92 Å². The van der Waals surface area contributed by atoms with E-state index in [9.17, 15) is 9.59 Å². The average Bonchev–Trinajstić information content (AvgIpc) is 3.05. The number of rotatable bonds is 6. The summed E-state index contributed by atoms with van der Waals surface area (Å²) < 4.78 is 10.4. The number of ether oxygens (including phenoxy) is 1. The van der Waals surface area contributed by atoms with Gasteiger partial charge in [0.2, 0.25) is 5.91 Å². The molecule has 1 atom stereocenters. The predicted octanol–water partition coefficient (Wildman–Crippen LogP) is 1.37. The highest BCUT2D eigenvalue weighted by molar-refractivity contribution is 5.93. The fraction of sp³-hybridized carbons (Fsp3) is 0.750. The van der Waals surface area contributed by atoms with Crippen molar-refractivity contribution in [1.82, 2.24) is 20.1 Å². The first-order valence-electron chi connectivity index (χ1n) is 10.2. The molecule has 0 aromatic carbocycles. The van der Waals surface area contributed by atoms with Gasteiger partial charge in [-0.2, -0.15) is 0 Å². The Kier molecular flexibility index (Phi) is 7.07. The van der Waals surface area contributed by atoms with Crippen LogP contribution in [-0.2, 0) is 9.53 Å². The molecule has 0 spiro atoms. The normalized spacial score (nSPS) is 21.7. The number of nitrogens with zero attached hydrogens (tertiary/aromatic N) is 3. The molecule has 1 aromatic heterocycles. The molecule has 2 saturated heterocycles. The maximum absolute atomic E-state index is 12.7. The number of amides is 2. The third-order valence-electron chi connectivity index (χ3n) is 5.80. The highest BCUT2D eigenvalue weighted by Crippen LogP contribution is 2.25. The highest BCUT2D eigenvalue weighted by Gasteiger charge is 2.33. The quantitative estimate of drug-likeness (QED) is 0.736. The van der Waals surface area contributed by atoms with Crippen LogP contribution >= 0.6 is 0 Å². The van der Waals surface area contributed by atoms with Crippen molar-refractivity contribution in [3.05, 3.63) is 17.3 Å². The van der Waals surface area contributed by atoms with Crippen molar-refractivity contribution >= 4 is 11.8 Å². The van der Waals surface area contributed by atoms with Crippen LogP contribution < -0.4 is 5.32 Å². The molecule has 2 aliphatic rings. The first kappa shape index (κ1) is 20.8. The van der Waals surface area contributed by atoms with E-state index in [-0.39, 0.29) is 17.7 Å². The number of hydrogen-bond acceptors (Lipinski definition) is 6. The molecule has 8 heteroatoms. The Morgan fingerprint density at radius 1 is 1.21 bits per heavy atom. The second-order valence-electron chi connectivity index (χ2n) is 7.78. The van der Waals surface area contributed by atoms with Crippen LogP contribution in [0.25, 0.3) is 0 Å². The average molecular weight is 393 g/mol. The SMILES string of the molecule is COCCNC(=O)[C@H]1CCCN(C2CCN(C(=O)c3nc(C)oc3C)CC2)C1. The molecule has 3 heterocycles. The van der Waals surface area contributed by atoms with E-state index in [1.807, 2.05) is 4.90 Å². The summed E-state index contributed by atoms with van der Waals surface area (Å²) in [6.45, 7) is 7.92. The van der Waals surface area contributed by atoms with E-state index < -0.39 is 0 Å². The number of aryl methyl sites for hydroxylation is 2. The van der Waals surface area contributed by atoms with Crippen molar-refractivity contribution in [2.45, 2.75) is 45.6 Å². The standard InChI is InChI=1S/C20H32N4O4/c1-14-18(22-15(2)28-14)20(26)23-10-6-17(7-11-23)24-9-4-5-16(13-24)19(25)21-8-12-27-3/h16-17H,4-13H2,1-3H3,(H,21,25)/t16-/m0/s1. The largest absolute Gasteiger partial charge is 0.445 e. The van der Waals surface area contributed by atoms with Gasteiger partial charge in [0.25, 0.3) is 5.91 Å². The van der Waals surface area contributed by atoms with Gasteiger partial charge < -0.3 is 19.4 Å². The lowest BCUT2D eigenvalue weighted by Crippen LogP contribution is -2.51. The Bertz CT molecular complexity index is 682. The van der Waals surface area contributed by atoms with Crippen molar-refractivity contribution in [1.29, 1.82) is 0 Å². The first-order valence-corrected chi connectivity index (χ1v) is 10.2. The Balaban J connectivity index is 1.49.